The first-order valence-corrected chi connectivity index (χ1v) is 12.0. The quantitative estimate of drug-likeness (QED) is 0.383. The maximum atomic E-state index is 2.70. The number of pyridine rings is 1. The highest BCUT2D eigenvalue weighted by Crippen LogP contribution is 2.40. The Morgan fingerprint density at radius 2 is 1.57 bits per heavy atom. The molecule has 1 aliphatic heterocycles. The van der Waals surface area contributed by atoms with Gasteiger partial charge in [-0.2, -0.15) is 4.57 Å². The molecule has 0 radical (unpaired) electrons. The van der Waals surface area contributed by atoms with Crippen LogP contribution < -0.4 is 4.57 Å². The molecule has 0 spiro atoms. The number of aromatic nitrogens is 1. The molecule has 1 aromatic heterocycles. The van der Waals surface area contributed by atoms with Gasteiger partial charge in [0.25, 0.3) is 0 Å². The second-order valence-electron chi connectivity index (χ2n) is 10.2. The summed E-state index contributed by atoms with van der Waals surface area (Å²) in [6.45, 7) is 14.1. The minimum absolute atomic E-state index is 0.147. The number of fused-ring (bicyclic) bond motifs is 5. The van der Waals surface area contributed by atoms with Crippen LogP contribution in [-0.4, -0.2) is 0 Å². The lowest BCUT2D eigenvalue weighted by Gasteiger charge is -2.35. The van der Waals surface area contributed by atoms with Gasteiger partial charge in [-0.25, -0.2) is 0 Å². The third-order valence-electron chi connectivity index (χ3n) is 7.09. The van der Waals surface area contributed by atoms with Crippen LogP contribution in [0, 0.1) is 11.8 Å². The molecule has 1 aliphatic rings. The molecule has 0 bridgehead atoms. The van der Waals surface area contributed by atoms with Crippen LogP contribution in [0.5, 0.6) is 0 Å². The largest absolute Gasteiger partial charge is 0.213 e. The van der Waals surface area contributed by atoms with Crippen molar-refractivity contribution in [2.75, 3.05) is 0 Å². The van der Waals surface area contributed by atoms with Crippen LogP contribution in [0.2, 0.25) is 0 Å². The van der Waals surface area contributed by atoms with Gasteiger partial charge in [-0.15, -0.1) is 0 Å². The fourth-order valence-corrected chi connectivity index (χ4v) is 5.60. The fourth-order valence-electron chi connectivity index (χ4n) is 5.60. The van der Waals surface area contributed by atoms with Crippen LogP contribution in [-0.2, 0) is 24.8 Å². The smallest absolute Gasteiger partial charge is 0.186 e. The molecule has 2 aromatic carbocycles. The Hall–Kier alpha value is -2.15. The van der Waals surface area contributed by atoms with E-state index in [0.717, 1.165) is 25.7 Å². The standard InChI is InChI=1S/C29H38N/c1-7-29(8-2)19-26-24(16-21(5)6)17-22(15-20(3)4)18-25(26)28-14-13-23-11-9-10-12-27(23)30(28)29/h9-14,17-18,20-21H,7-8,15-16,19H2,1-6H3/q+1. The number of para-hydroxylation sites is 1. The van der Waals surface area contributed by atoms with Crippen molar-refractivity contribution >= 4 is 10.9 Å². The molecule has 3 aromatic rings. The molecule has 0 fully saturated rings. The zero-order valence-electron chi connectivity index (χ0n) is 19.8. The van der Waals surface area contributed by atoms with Crippen molar-refractivity contribution < 1.29 is 4.57 Å². The molecule has 0 N–H and O–H groups in total. The summed E-state index contributed by atoms with van der Waals surface area (Å²) >= 11 is 0. The molecule has 4 rings (SSSR count). The minimum atomic E-state index is 0.147. The number of hydrogen-bond donors (Lipinski definition) is 0. The molecule has 0 atom stereocenters. The first-order chi connectivity index (χ1) is 14.4. The first kappa shape index (κ1) is 21.1. The molecule has 0 saturated heterocycles. The maximum Gasteiger partial charge on any atom is 0.213 e. The van der Waals surface area contributed by atoms with Crippen molar-refractivity contribution in [3.05, 3.63) is 65.2 Å². The lowest BCUT2D eigenvalue weighted by Crippen LogP contribution is -2.60. The van der Waals surface area contributed by atoms with Crippen molar-refractivity contribution in [2.45, 2.75) is 79.2 Å². The molecule has 0 aliphatic carbocycles. The molecule has 1 heteroatoms. The van der Waals surface area contributed by atoms with E-state index in [1.807, 2.05) is 0 Å². The van der Waals surface area contributed by atoms with Crippen LogP contribution in [0.3, 0.4) is 0 Å². The van der Waals surface area contributed by atoms with Crippen LogP contribution in [0.25, 0.3) is 22.2 Å². The molecule has 1 nitrogen and oxygen atoms in total. The van der Waals surface area contributed by atoms with E-state index in [1.165, 1.54) is 34.1 Å². The molecule has 2 heterocycles. The topological polar surface area (TPSA) is 3.88 Å². The molecule has 30 heavy (non-hydrogen) atoms. The average Bonchev–Trinajstić information content (AvgIpc) is 2.72. The van der Waals surface area contributed by atoms with E-state index in [0.29, 0.717) is 11.8 Å². The van der Waals surface area contributed by atoms with Gasteiger partial charge in [0, 0.05) is 36.8 Å². The zero-order chi connectivity index (χ0) is 21.5. The van der Waals surface area contributed by atoms with Gasteiger partial charge in [-0.1, -0.05) is 59.7 Å². The van der Waals surface area contributed by atoms with E-state index in [-0.39, 0.29) is 5.54 Å². The third kappa shape index (κ3) is 3.57. The van der Waals surface area contributed by atoms with E-state index in [9.17, 15) is 0 Å². The normalized spacial score (nSPS) is 14.9. The number of hydrogen-bond acceptors (Lipinski definition) is 0. The lowest BCUT2D eigenvalue weighted by atomic mass is 9.75. The van der Waals surface area contributed by atoms with Crippen LogP contribution in [0.1, 0.15) is 71.1 Å². The Morgan fingerprint density at radius 3 is 2.23 bits per heavy atom. The summed E-state index contributed by atoms with van der Waals surface area (Å²) in [5, 5.41) is 1.34. The van der Waals surface area contributed by atoms with Crippen molar-refractivity contribution in [2.24, 2.45) is 11.8 Å². The predicted molar refractivity (Wildman–Crippen MR) is 129 cm³/mol. The zero-order valence-corrected chi connectivity index (χ0v) is 19.8. The molecule has 0 amide bonds. The number of rotatable bonds is 6. The first-order valence-electron chi connectivity index (χ1n) is 12.0. The highest BCUT2D eigenvalue weighted by molar-refractivity contribution is 5.79. The summed E-state index contributed by atoms with van der Waals surface area (Å²) in [5.41, 5.74) is 9.11. The molecule has 0 unspecified atom stereocenters. The van der Waals surface area contributed by atoms with Gasteiger partial charge in [0.15, 0.2) is 5.54 Å². The third-order valence-corrected chi connectivity index (χ3v) is 7.09. The second-order valence-corrected chi connectivity index (χ2v) is 10.2. The Morgan fingerprint density at radius 1 is 0.867 bits per heavy atom. The van der Waals surface area contributed by atoms with E-state index >= 15 is 0 Å². The Kier molecular flexibility index (Phi) is 5.75. The van der Waals surface area contributed by atoms with E-state index in [1.54, 1.807) is 11.1 Å². The van der Waals surface area contributed by atoms with Gasteiger partial charge in [0.05, 0.1) is 5.56 Å². The molecule has 158 valence electrons. The summed E-state index contributed by atoms with van der Waals surface area (Å²) in [6, 6.07) is 18.7. The summed E-state index contributed by atoms with van der Waals surface area (Å²) in [5.74, 6) is 1.35. The van der Waals surface area contributed by atoms with E-state index in [2.05, 4.69) is 94.6 Å². The van der Waals surface area contributed by atoms with E-state index in [4.69, 9.17) is 0 Å². The summed E-state index contributed by atoms with van der Waals surface area (Å²) in [4.78, 5) is 0. The van der Waals surface area contributed by atoms with E-state index < -0.39 is 0 Å². The van der Waals surface area contributed by atoms with Crippen LogP contribution in [0.4, 0.5) is 0 Å². The van der Waals surface area contributed by atoms with Gasteiger partial charge < -0.3 is 0 Å². The van der Waals surface area contributed by atoms with Crippen molar-refractivity contribution in [1.29, 1.82) is 0 Å². The highest BCUT2D eigenvalue weighted by Gasteiger charge is 2.45. The monoisotopic (exact) mass is 400 g/mol. The second kappa shape index (κ2) is 8.17. The van der Waals surface area contributed by atoms with Gasteiger partial charge >= 0.3 is 0 Å². The highest BCUT2D eigenvalue weighted by atomic mass is 15.1. The minimum Gasteiger partial charge on any atom is -0.186 e. The Bertz CT molecular complexity index is 1050. The molecule has 0 saturated carbocycles. The lowest BCUT2D eigenvalue weighted by molar-refractivity contribution is -0.735. The Labute approximate surface area is 183 Å². The molecular formula is C29H38N+. The van der Waals surface area contributed by atoms with Gasteiger partial charge in [-0.3, -0.25) is 0 Å². The summed E-state index contributed by atoms with van der Waals surface area (Å²) in [6.07, 6.45) is 5.78. The van der Waals surface area contributed by atoms with Crippen molar-refractivity contribution in [3.63, 3.8) is 0 Å². The van der Waals surface area contributed by atoms with Gasteiger partial charge in [0.1, 0.15) is 0 Å². The van der Waals surface area contributed by atoms with Crippen LogP contribution >= 0.6 is 0 Å². The average molecular weight is 401 g/mol. The number of benzene rings is 2. The van der Waals surface area contributed by atoms with Crippen molar-refractivity contribution in [3.8, 4) is 11.3 Å². The number of nitrogens with zero attached hydrogens (tertiary/aromatic N) is 1. The van der Waals surface area contributed by atoms with Gasteiger partial charge in [-0.05, 0) is 59.6 Å². The fraction of sp³-hybridized carbons (Fsp3) is 0.483. The van der Waals surface area contributed by atoms with Gasteiger partial charge in [0.2, 0.25) is 11.2 Å². The Balaban J connectivity index is 2.05. The molecular weight excluding hydrogens is 362 g/mol. The predicted octanol–water partition coefficient (Wildman–Crippen LogP) is 7.26. The SMILES string of the molecule is CCC1(CC)Cc2c(CC(C)C)cc(CC(C)C)cc2-c2ccc3ccccc3[n+]21. The van der Waals surface area contributed by atoms with Crippen LogP contribution in [0.15, 0.2) is 48.5 Å². The van der Waals surface area contributed by atoms with Crippen molar-refractivity contribution in [1.82, 2.24) is 0 Å². The summed E-state index contributed by atoms with van der Waals surface area (Å²) in [7, 11) is 0. The summed E-state index contributed by atoms with van der Waals surface area (Å²) < 4.78 is 2.70. The maximum absolute atomic E-state index is 2.70.